The number of halogens is 1. The van der Waals surface area contributed by atoms with Gasteiger partial charge in [0.2, 0.25) is 0 Å². The molecule has 202 valence electrons. The molecule has 40 heavy (non-hydrogen) atoms. The highest BCUT2D eigenvalue weighted by Gasteiger charge is 2.24. The zero-order valence-electron chi connectivity index (χ0n) is 21.6. The van der Waals surface area contributed by atoms with E-state index in [0.717, 1.165) is 32.5 Å². The van der Waals surface area contributed by atoms with Crippen molar-refractivity contribution in [2.75, 3.05) is 7.11 Å². The standard InChI is InChI=1S/C32H26FNO5S/c1-39-27-11-5-20(6-12-27)21-7-13-29-24(15-21)18-30(40-29)31(36)34-28(32(37)38)17-22-4-10-26(35)16-23(22)14-19-2-8-25(33)9-3-19/h2-13,15-16,18,28,35H,14,17H2,1H3,(H,34,36)(H,37,38)/t28-/m0/s1. The number of hydrogen-bond donors (Lipinski definition) is 3. The number of amides is 1. The Labute approximate surface area is 234 Å². The van der Waals surface area contributed by atoms with E-state index in [9.17, 15) is 24.2 Å². The summed E-state index contributed by atoms with van der Waals surface area (Å²) in [4.78, 5) is 25.7. The normalized spacial score (nSPS) is 11.8. The number of phenols is 1. The van der Waals surface area contributed by atoms with Gasteiger partial charge in [0.25, 0.3) is 5.91 Å². The maximum absolute atomic E-state index is 13.3. The summed E-state index contributed by atoms with van der Waals surface area (Å²) in [5, 5.41) is 23.5. The number of ether oxygens (including phenoxy) is 1. The molecule has 3 N–H and O–H groups in total. The zero-order valence-corrected chi connectivity index (χ0v) is 22.4. The Balaban J connectivity index is 1.34. The third kappa shape index (κ3) is 6.13. The topological polar surface area (TPSA) is 95.9 Å². The lowest BCUT2D eigenvalue weighted by atomic mass is 9.95. The van der Waals surface area contributed by atoms with E-state index in [0.29, 0.717) is 22.4 Å². The third-order valence-electron chi connectivity index (χ3n) is 6.69. The van der Waals surface area contributed by atoms with Crippen molar-refractivity contribution in [3.63, 3.8) is 0 Å². The highest BCUT2D eigenvalue weighted by molar-refractivity contribution is 7.20. The number of carboxylic acid groups (broad SMARTS) is 1. The first-order valence-electron chi connectivity index (χ1n) is 12.6. The number of nitrogens with one attached hydrogen (secondary N) is 1. The number of carbonyl (C=O) groups is 2. The number of carboxylic acids is 1. The maximum atomic E-state index is 13.3. The number of aliphatic carboxylic acids is 1. The quantitative estimate of drug-likeness (QED) is 0.195. The Hall–Kier alpha value is -4.69. The lowest BCUT2D eigenvalue weighted by Gasteiger charge is -2.17. The fourth-order valence-electron chi connectivity index (χ4n) is 4.57. The molecule has 5 aromatic rings. The van der Waals surface area contributed by atoms with Crippen LogP contribution in [0.4, 0.5) is 4.39 Å². The van der Waals surface area contributed by atoms with E-state index in [1.165, 1.54) is 29.5 Å². The molecule has 0 saturated carbocycles. The molecule has 1 aromatic heterocycles. The van der Waals surface area contributed by atoms with Crippen LogP contribution >= 0.6 is 11.3 Å². The number of aromatic hydroxyl groups is 1. The van der Waals surface area contributed by atoms with Crippen LogP contribution in [0.3, 0.4) is 0 Å². The van der Waals surface area contributed by atoms with Gasteiger partial charge in [-0.1, -0.05) is 36.4 Å². The van der Waals surface area contributed by atoms with E-state index >= 15 is 0 Å². The summed E-state index contributed by atoms with van der Waals surface area (Å²) >= 11 is 1.29. The van der Waals surface area contributed by atoms with Crippen molar-refractivity contribution < 1.29 is 28.9 Å². The van der Waals surface area contributed by atoms with Crippen molar-refractivity contribution in [2.24, 2.45) is 0 Å². The molecule has 1 atom stereocenters. The van der Waals surface area contributed by atoms with E-state index in [1.54, 1.807) is 37.4 Å². The van der Waals surface area contributed by atoms with Crippen molar-refractivity contribution in [1.29, 1.82) is 0 Å². The molecule has 5 rings (SSSR count). The Bertz CT molecular complexity index is 1680. The van der Waals surface area contributed by atoms with Crippen LogP contribution in [0.15, 0.2) is 91.0 Å². The van der Waals surface area contributed by atoms with Gasteiger partial charge in [-0.2, -0.15) is 0 Å². The molecule has 0 spiro atoms. The number of phenolic OH excluding ortho intramolecular Hbond substituents is 1. The lowest BCUT2D eigenvalue weighted by Crippen LogP contribution is -2.42. The second-order valence-electron chi connectivity index (χ2n) is 9.42. The fourth-order valence-corrected chi connectivity index (χ4v) is 5.51. The van der Waals surface area contributed by atoms with E-state index < -0.39 is 17.9 Å². The monoisotopic (exact) mass is 555 g/mol. The van der Waals surface area contributed by atoms with Crippen LogP contribution in [0.25, 0.3) is 21.2 Å². The van der Waals surface area contributed by atoms with E-state index in [4.69, 9.17) is 4.74 Å². The third-order valence-corrected chi connectivity index (χ3v) is 7.80. The highest BCUT2D eigenvalue weighted by atomic mass is 32.1. The molecule has 8 heteroatoms. The molecule has 6 nitrogen and oxygen atoms in total. The second kappa shape index (κ2) is 11.6. The van der Waals surface area contributed by atoms with Gasteiger partial charge in [-0.3, -0.25) is 4.79 Å². The number of fused-ring (bicyclic) bond motifs is 1. The van der Waals surface area contributed by atoms with Gasteiger partial charge < -0.3 is 20.3 Å². The summed E-state index contributed by atoms with van der Waals surface area (Å²) in [6, 6.07) is 24.9. The number of thiophene rings is 1. The molecule has 1 heterocycles. The number of hydrogen-bond acceptors (Lipinski definition) is 5. The molecule has 0 bridgehead atoms. The summed E-state index contributed by atoms with van der Waals surface area (Å²) in [5.41, 5.74) is 4.17. The molecule has 0 unspecified atom stereocenters. The van der Waals surface area contributed by atoms with Crippen LogP contribution in [-0.4, -0.2) is 35.2 Å². The second-order valence-corrected chi connectivity index (χ2v) is 10.5. The van der Waals surface area contributed by atoms with Gasteiger partial charge in [0, 0.05) is 11.1 Å². The van der Waals surface area contributed by atoms with Crippen LogP contribution in [0, 0.1) is 5.82 Å². The predicted octanol–water partition coefficient (Wildman–Crippen LogP) is 6.44. The molecular formula is C32H26FNO5S. The summed E-state index contributed by atoms with van der Waals surface area (Å²) in [5.74, 6) is -1.19. The Morgan fingerprint density at radius 2 is 1.62 bits per heavy atom. The van der Waals surface area contributed by atoms with Crippen molar-refractivity contribution in [3.05, 3.63) is 118 Å². The molecular weight excluding hydrogens is 529 g/mol. The van der Waals surface area contributed by atoms with Crippen molar-refractivity contribution >= 4 is 33.3 Å². The van der Waals surface area contributed by atoms with E-state index in [2.05, 4.69) is 5.32 Å². The van der Waals surface area contributed by atoms with Crippen LogP contribution in [0.5, 0.6) is 11.5 Å². The largest absolute Gasteiger partial charge is 0.508 e. The van der Waals surface area contributed by atoms with Crippen LogP contribution in [0.2, 0.25) is 0 Å². The minimum atomic E-state index is -1.19. The summed E-state index contributed by atoms with van der Waals surface area (Å²) in [7, 11) is 1.62. The van der Waals surface area contributed by atoms with Gasteiger partial charge >= 0.3 is 5.97 Å². The number of methoxy groups -OCH3 is 1. The zero-order chi connectivity index (χ0) is 28.2. The molecule has 0 aliphatic rings. The Morgan fingerprint density at radius 1 is 0.900 bits per heavy atom. The number of rotatable bonds is 9. The first-order chi connectivity index (χ1) is 19.3. The van der Waals surface area contributed by atoms with Gasteiger partial charge in [0.15, 0.2) is 0 Å². The van der Waals surface area contributed by atoms with Crippen molar-refractivity contribution in [2.45, 2.75) is 18.9 Å². The van der Waals surface area contributed by atoms with E-state index in [-0.39, 0.29) is 18.0 Å². The van der Waals surface area contributed by atoms with Crippen LogP contribution < -0.4 is 10.1 Å². The molecule has 1 amide bonds. The molecule has 0 radical (unpaired) electrons. The van der Waals surface area contributed by atoms with Crippen molar-refractivity contribution in [3.8, 4) is 22.6 Å². The van der Waals surface area contributed by atoms with Crippen LogP contribution in [-0.2, 0) is 17.6 Å². The fraction of sp³-hybridized carbons (Fsp3) is 0.125. The van der Waals surface area contributed by atoms with Gasteiger partial charge in [0.05, 0.1) is 12.0 Å². The molecule has 0 aliphatic heterocycles. The lowest BCUT2D eigenvalue weighted by molar-refractivity contribution is -0.139. The Kier molecular flexibility index (Phi) is 7.79. The summed E-state index contributed by atoms with van der Waals surface area (Å²) < 4.78 is 19.5. The van der Waals surface area contributed by atoms with Gasteiger partial charge in [0.1, 0.15) is 23.4 Å². The molecule has 0 fully saturated rings. The molecule has 0 saturated heterocycles. The van der Waals surface area contributed by atoms with Gasteiger partial charge in [-0.05, 0) is 94.2 Å². The maximum Gasteiger partial charge on any atom is 0.326 e. The summed E-state index contributed by atoms with van der Waals surface area (Å²) in [6.45, 7) is 0. The first kappa shape index (κ1) is 26.9. The molecule has 4 aromatic carbocycles. The average Bonchev–Trinajstić information content (AvgIpc) is 3.39. The van der Waals surface area contributed by atoms with Crippen molar-refractivity contribution in [1.82, 2.24) is 5.32 Å². The minimum Gasteiger partial charge on any atom is -0.508 e. The SMILES string of the molecule is COc1ccc(-c2ccc3sc(C(=O)N[C@@H](Cc4ccc(O)cc4Cc4ccc(F)cc4)C(=O)O)cc3c2)cc1. The highest BCUT2D eigenvalue weighted by Crippen LogP contribution is 2.31. The number of benzene rings is 4. The number of carbonyl (C=O) groups excluding carboxylic acids is 1. The summed E-state index contributed by atoms with van der Waals surface area (Å²) in [6.07, 6.45) is 0.390. The molecule has 0 aliphatic carbocycles. The predicted molar refractivity (Wildman–Crippen MR) is 154 cm³/mol. The van der Waals surface area contributed by atoms with E-state index in [1.807, 2.05) is 42.5 Å². The average molecular weight is 556 g/mol. The first-order valence-corrected chi connectivity index (χ1v) is 13.4. The van der Waals surface area contributed by atoms with Crippen LogP contribution in [0.1, 0.15) is 26.4 Å². The smallest absolute Gasteiger partial charge is 0.326 e. The Morgan fingerprint density at radius 3 is 2.33 bits per heavy atom. The van der Waals surface area contributed by atoms with Gasteiger partial charge in [-0.15, -0.1) is 11.3 Å². The minimum absolute atomic E-state index is 0.0182. The van der Waals surface area contributed by atoms with Gasteiger partial charge in [-0.25, -0.2) is 9.18 Å².